The summed E-state index contributed by atoms with van der Waals surface area (Å²) >= 11 is 0. The van der Waals surface area contributed by atoms with Crippen molar-refractivity contribution in [2.24, 2.45) is 5.73 Å². The molecule has 0 saturated heterocycles. The van der Waals surface area contributed by atoms with Crippen molar-refractivity contribution >= 4 is 11.9 Å². The van der Waals surface area contributed by atoms with Gasteiger partial charge in [-0.1, -0.05) is 30.3 Å². The van der Waals surface area contributed by atoms with Crippen LogP contribution in [0.2, 0.25) is 0 Å². The molecule has 120 valence electrons. The van der Waals surface area contributed by atoms with E-state index in [2.05, 4.69) is 10.8 Å². The van der Waals surface area contributed by atoms with E-state index in [1.807, 2.05) is 18.2 Å². The van der Waals surface area contributed by atoms with Crippen LogP contribution in [0.4, 0.5) is 0 Å². The van der Waals surface area contributed by atoms with Crippen LogP contribution in [-0.4, -0.2) is 19.0 Å². The molecule has 2 aromatic rings. The summed E-state index contributed by atoms with van der Waals surface area (Å²) in [6.07, 6.45) is 4.51. The summed E-state index contributed by atoms with van der Waals surface area (Å²) in [6, 6.07) is 14.7. The molecule has 0 radical (unpaired) electrons. The number of nitrogens with two attached hydrogens (primary N) is 1. The van der Waals surface area contributed by atoms with Gasteiger partial charge in [-0.15, -0.1) is 0 Å². The molecule has 0 atom stereocenters. The normalized spacial score (nSPS) is 12.4. The third-order valence-corrected chi connectivity index (χ3v) is 3.86. The number of aryl methyl sites for hydroxylation is 1. The Morgan fingerprint density at radius 2 is 1.65 bits per heavy atom. The van der Waals surface area contributed by atoms with Gasteiger partial charge in [0.05, 0.1) is 12.7 Å². The van der Waals surface area contributed by atoms with Gasteiger partial charge in [0, 0.05) is 5.56 Å². The number of esters is 1. The van der Waals surface area contributed by atoms with Gasteiger partial charge in [-0.2, -0.15) is 0 Å². The molecule has 0 aliphatic heterocycles. The molecule has 4 heteroatoms. The van der Waals surface area contributed by atoms with Crippen LogP contribution in [0.5, 0.6) is 0 Å². The highest BCUT2D eigenvalue weighted by atomic mass is 16.5. The average molecular weight is 311 g/mol. The number of hydrogen-bond acceptors (Lipinski definition) is 3. The quantitative estimate of drug-likeness (QED) is 0.866. The zero-order chi connectivity index (χ0) is 16.7. The third-order valence-electron chi connectivity index (χ3n) is 3.86. The Bertz CT molecular complexity index is 680. The van der Waals surface area contributed by atoms with Gasteiger partial charge in [0.15, 0.2) is 0 Å². The molecule has 0 saturated carbocycles. The minimum atomic E-state index is -0.293. The van der Waals surface area contributed by atoms with E-state index < -0.39 is 0 Å². The summed E-state index contributed by atoms with van der Waals surface area (Å²) in [4.78, 5) is 21.9. The molecule has 0 spiro atoms. The highest BCUT2D eigenvalue weighted by Gasteiger charge is 2.14. The Hall–Kier alpha value is -2.62. The van der Waals surface area contributed by atoms with Crippen molar-refractivity contribution < 1.29 is 14.3 Å². The van der Waals surface area contributed by atoms with E-state index in [-0.39, 0.29) is 11.9 Å². The second-order valence-corrected chi connectivity index (χ2v) is 5.37. The number of primary amides is 1. The molecule has 4 nitrogen and oxygen atoms in total. The summed E-state index contributed by atoms with van der Waals surface area (Å²) < 4.78 is 4.50. The van der Waals surface area contributed by atoms with Gasteiger partial charge < -0.3 is 10.5 Å². The lowest BCUT2D eigenvalue weighted by Gasteiger charge is -2.17. The minimum absolute atomic E-state index is 0.291. The average Bonchev–Trinajstić information content (AvgIpc) is 2.61. The van der Waals surface area contributed by atoms with Crippen molar-refractivity contribution in [3.8, 4) is 0 Å². The standard InChI is InChI=1S/C11H13NO.C8H8O2/c12-11(13)10-7-3-5-8-4-1-2-6-9(8)10;1-10-8(9)7-5-3-2-4-6-7/h3,5,7H,1-2,4,6H2,(H2,12,13);2-6H,1H3. The number of benzene rings is 2. The molecule has 2 aromatic carbocycles. The Labute approximate surface area is 136 Å². The SMILES string of the molecule is COC(=O)c1ccccc1.NC(=O)c1cccc2c1CCCC2. The third kappa shape index (κ3) is 4.42. The highest BCUT2D eigenvalue weighted by molar-refractivity contribution is 5.94. The van der Waals surface area contributed by atoms with Crippen molar-refractivity contribution in [1.82, 2.24) is 0 Å². The fraction of sp³-hybridized carbons (Fsp3) is 0.263. The number of carbonyl (C=O) groups is 2. The van der Waals surface area contributed by atoms with Crippen LogP contribution in [0.1, 0.15) is 44.7 Å². The predicted octanol–water partition coefficient (Wildman–Crippen LogP) is 3.14. The minimum Gasteiger partial charge on any atom is -0.465 e. The van der Waals surface area contributed by atoms with Gasteiger partial charge in [0.2, 0.25) is 5.91 Å². The highest BCUT2D eigenvalue weighted by Crippen LogP contribution is 2.23. The van der Waals surface area contributed by atoms with Gasteiger partial charge in [-0.25, -0.2) is 4.79 Å². The fourth-order valence-electron chi connectivity index (χ4n) is 2.70. The molecular formula is C19H21NO3. The second kappa shape index (κ2) is 8.13. The number of hydrogen-bond donors (Lipinski definition) is 1. The van der Waals surface area contributed by atoms with Gasteiger partial charge in [0.1, 0.15) is 0 Å². The molecule has 2 N–H and O–H groups in total. The molecule has 0 bridgehead atoms. The number of amides is 1. The summed E-state index contributed by atoms with van der Waals surface area (Å²) in [7, 11) is 1.37. The van der Waals surface area contributed by atoms with E-state index in [0.29, 0.717) is 5.56 Å². The molecule has 1 aliphatic carbocycles. The summed E-state index contributed by atoms with van der Waals surface area (Å²) in [5.41, 5.74) is 9.10. The smallest absolute Gasteiger partial charge is 0.337 e. The second-order valence-electron chi connectivity index (χ2n) is 5.37. The molecule has 0 heterocycles. The fourth-order valence-corrected chi connectivity index (χ4v) is 2.70. The first kappa shape index (κ1) is 16.7. The molecule has 1 amide bonds. The zero-order valence-electron chi connectivity index (χ0n) is 13.2. The van der Waals surface area contributed by atoms with E-state index in [1.165, 1.54) is 31.1 Å². The van der Waals surface area contributed by atoms with Crippen molar-refractivity contribution in [2.75, 3.05) is 7.11 Å². The Balaban J connectivity index is 0.000000174. The van der Waals surface area contributed by atoms with Crippen LogP contribution in [-0.2, 0) is 17.6 Å². The van der Waals surface area contributed by atoms with Crippen LogP contribution in [0, 0.1) is 0 Å². The van der Waals surface area contributed by atoms with Crippen LogP contribution in [0.3, 0.4) is 0 Å². The molecule has 23 heavy (non-hydrogen) atoms. The topological polar surface area (TPSA) is 69.4 Å². The number of ether oxygens (including phenoxy) is 1. The number of carbonyl (C=O) groups excluding carboxylic acids is 2. The number of fused-ring (bicyclic) bond motifs is 1. The summed E-state index contributed by atoms with van der Waals surface area (Å²) in [6.45, 7) is 0. The van der Waals surface area contributed by atoms with E-state index in [0.717, 1.165) is 18.4 Å². The lowest BCUT2D eigenvalue weighted by Crippen LogP contribution is -2.16. The lowest BCUT2D eigenvalue weighted by atomic mass is 9.88. The lowest BCUT2D eigenvalue weighted by molar-refractivity contribution is 0.0600. The zero-order valence-corrected chi connectivity index (χ0v) is 13.2. The van der Waals surface area contributed by atoms with Crippen LogP contribution >= 0.6 is 0 Å². The molecule has 1 aliphatic rings. The maximum Gasteiger partial charge on any atom is 0.337 e. The first-order chi connectivity index (χ1) is 11.1. The van der Waals surface area contributed by atoms with Gasteiger partial charge in [0.25, 0.3) is 0 Å². The maximum absolute atomic E-state index is 11.1. The number of methoxy groups -OCH3 is 1. The van der Waals surface area contributed by atoms with Gasteiger partial charge in [-0.3, -0.25) is 4.79 Å². The van der Waals surface area contributed by atoms with Gasteiger partial charge in [-0.05, 0) is 55.0 Å². The maximum atomic E-state index is 11.1. The van der Waals surface area contributed by atoms with Crippen LogP contribution in [0.15, 0.2) is 48.5 Å². The molecule has 0 unspecified atom stereocenters. The molecule has 3 rings (SSSR count). The Morgan fingerprint density at radius 3 is 2.30 bits per heavy atom. The van der Waals surface area contributed by atoms with Crippen molar-refractivity contribution in [2.45, 2.75) is 25.7 Å². The molecule has 0 fully saturated rings. The largest absolute Gasteiger partial charge is 0.465 e. The Kier molecular flexibility index (Phi) is 5.92. The van der Waals surface area contributed by atoms with E-state index >= 15 is 0 Å². The van der Waals surface area contributed by atoms with E-state index in [4.69, 9.17) is 5.73 Å². The van der Waals surface area contributed by atoms with E-state index in [1.54, 1.807) is 24.3 Å². The monoisotopic (exact) mass is 311 g/mol. The molecular weight excluding hydrogens is 290 g/mol. The van der Waals surface area contributed by atoms with Gasteiger partial charge >= 0.3 is 5.97 Å². The summed E-state index contributed by atoms with van der Waals surface area (Å²) in [5, 5.41) is 0. The summed E-state index contributed by atoms with van der Waals surface area (Å²) in [5.74, 6) is -0.584. The van der Waals surface area contributed by atoms with Crippen molar-refractivity contribution in [3.05, 3.63) is 70.8 Å². The number of rotatable bonds is 2. The predicted molar refractivity (Wildman–Crippen MR) is 89.4 cm³/mol. The first-order valence-corrected chi connectivity index (χ1v) is 7.67. The van der Waals surface area contributed by atoms with E-state index in [9.17, 15) is 9.59 Å². The van der Waals surface area contributed by atoms with Crippen molar-refractivity contribution in [3.63, 3.8) is 0 Å². The van der Waals surface area contributed by atoms with Crippen LogP contribution in [0.25, 0.3) is 0 Å². The van der Waals surface area contributed by atoms with Crippen molar-refractivity contribution in [1.29, 1.82) is 0 Å². The first-order valence-electron chi connectivity index (χ1n) is 7.67. The Morgan fingerprint density at radius 1 is 0.957 bits per heavy atom. The molecule has 0 aromatic heterocycles. The van der Waals surface area contributed by atoms with Crippen LogP contribution < -0.4 is 5.73 Å².